The SMILES string of the molecule is Cc1ccc2c3ccc(C)c4c3n(c3cc(-c5c(C(C)C)cc(C(C)C)cc5C(C)C)cc5cc[n+](C)c4c53)c2c1C. The zero-order chi connectivity index (χ0) is 29.8. The van der Waals surface area contributed by atoms with Gasteiger partial charge in [-0.3, -0.25) is 0 Å². The van der Waals surface area contributed by atoms with E-state index in [0.29, 0.717) is 17.8 Å². The van der Waals surface area contributed by atoms with Crippen LogP contribution >= 0.6 is 0 Å². The van der Waals surface area contributed by atoms with Crippen molar-refractivity contribution < 1.29 is 4.57 Å². The van der Waals surface area contributed by atoms with Crippen LogP contribution < -0.4 is 4.57 Å². The van der Waals surface area contributed by atoms with E-state index in [1.807, 2.05) is 0 Å². The van der Waals surface area contributed by atoms with Crippen LogP contribution in [0.3, 0.4) is 0 Å². The molecule has 0 fully saturated rings. The Bertz CT molecular complexity index is 2180. The number of fused-ring (bicyclic) bond motifs is 5. The minimum Gasteiger partial charge on any atom is -0.307 e. The van der Waals surface area contributed by atoms with Crippen LogP contribution in [-0.4, -0.2) is 4.40 Å². The fourth-order valence-corrected chi connectivity index (χ4v) is 7.49. The molecule has 0 N–H and O–H groups in total. The highest BCUT2D eigenvalue weighted by Crippen LogP contribution is 2.45. The molecule has 2 heteroatoms. The van der Waals surface area contributed by atoms with Crippen molar-refractivity contribution in [2.24, 2.45) is 7.05 Å². The number of nitrogens with zero attached hydrogens (tertiary/aromatic N) is 2. The third-order valence-corrected chi connectivity index (χ3v) is 9.94. The third-order valence-electron chi connectivity index (χ3n) is 9.94. The normalized spacial score (nSPS) is 12.7. The predicted octanol–water partition coefficient (Wildman–Crippen LogP) is 10.8. The smallest absolute Gasteiger partial charge is 0.224 e. The van der Waals surface area contributed by atoms with Crippen molar-refractivity contribution >= 4 is 49.0 Å². The summed E-state index contributed by atoms with van der Waals surface area (Å²) in [4.78, 5) is 0. The van der Waals surface area contributed by atoms with Gasteiger partial charge in [0.15, 0.2) is 6.20 Å². The summed E-state index contributed by atoms with van der Waals surface area (Å²) >= 11 is 0. The number of aromatic nitrogens is 2. The number of hydrogen-bond acceptors (Lipinski definition) is 0. The average molecular weight is 552 g/mol. The second-order valence-electron chi connectivity index (χ2n) is 13.7. The molecule has 0 unspecified atom stereocenters. The molecule has 0 saturated carbocycles. The van der Waals surface area contributed by atoms with Crippen LogP contribution in [0.4, 0.5) is 0 Å². The van der Waals surface area contributed by atoms with Crippen molar-refractivity contribution in [2.45, 2.75) is 80.1 Å². The Hall–Kier alpha value is -3.91. The summed E-state index contributed by atoms with van der Waals surface area (Å²) in [5, 5.41) is 6.70. The zero-order valence-corrected chi connectivity index (χ0v) is 26.9. The molecule has 0 aliphatic rings. The van der Waals surface area contributed by atoms with E-state index in [9.17, 15) is 0 Å². The van der Waals surface area contributed by atoms with Gasteiger partial charge in [-0.15, -0.1) is 0 Å². The molecule has 7 aromatic rings. The van der Waals surface area contributed by atoms with E-state index in [2.05, 4.69) is 139 Å². The van der Waals surface area contributed by atoms with Crippen LogP contribution in [0, 0.1) is 20.8 Å². The zero-order valence-electron chi connectivity index (χ0n) is 26.9. The summed E-state index contributed by atoms with van der Waals surface area (Å²) in [5.41, 5.74) is 16.5. The van der Waals surface area contributed by atoms with Gasteiger partial charge >= 0.3 is 0 Å². The molecule has 0 radical (unpaired) electrons. The van der Waals surface area contributed by atoms with Gasteiger partial charge in [0, 0.05) is 16.8 Å². The Morgan fingerprint density at radius 2 is 1.26 bits per heavy atom. The van der Waals surface area contributed by atoms with Gasteiger partial charge in [-0.05, 0) is 101 Å². The largest absolute Gasteiger partial charge is 0.307 e. The molecule has 2 nitrogen and oxygen atoms in total. The van der Waals surface area contributed by atoms with Gasteiger partial charge in [0.25, 0.3) is 0 Å². The van der Waals surface area contributed by atoms with Gasteiger partial charge < -0.3 is 4.40 Å². The molecule has 0 bridgehead atoms. The summed E-state index contributed by atoms with van der Waals surface area (Å²) in [6.45, 7) is 20.9. The summed E-state index contributed by atoms with van der Waals surface area (Å²) < 4.78 is 4.95. The maximum atomic E-state index is 2.61. The van der Waals surface area contributed by atoms with E-state index in [-0.39, 0.29) is 0 Å². The molecule has 0 amide bonds. The topological polar surface area (TPSA) is 8.29 Å². The maximum Gasteiger partial charge on any atom is 0.224 e. The maximum absolute atomic E-state index is 2.61. The minimum atomic E-state index is 0.430. The summed E-state index contributed by atoms with van der Waals surface area (Å²) in [6, 6.07) is 21.6. The first-order valence-corrected chi connectivity index (χ1v) is 15.7. The molecule has 212 valence electrons. The fraction of sp³-hybridized carbons (Fsp3) is 0.325. The fourth-order valence-electron chi connectivity index (χ4n) is 7.49. The van der Waals surface area contributed by atoms with E-state index in [1.165, 1.54) is 93.5 Å². The Labute approximate surface area is 249 Å². The second kappa shape index (κ2) is 9.30. The van der Waals surface area contributed by atoms with Crippen molar-refractivity contribution in [1.29, 1.82) is 0 Å². The molecule has 0 spiro atoms. The van der Waals surface area contributed by atoms with Crippen LogP contribution in [0.25, 0.3) is 60.1 Å². The van der Waals surface area contributed by atoms with Crippen LogP contribution in [-0.2, 0) is 7.05 Å². The Morgan fingerprint density at radius 1 is 0.643 bits per heavy atom. The summed E-state index contributed by atoms with van der Waals surface area (Å²) in [5.74, 6) is 1.36. The molecule has 0 aliphatic carbocycles. The molecular formula is C40H43N2+. The molecule has 0 atom stereocenters. The molecule has 42 heavy (non-hydrogen) atoms. The standard InChI is InChI=1S/C40H43N2/c1-21(2)28-18-32(22(3)4)36(33(19-28)23(5)6)29-17-27-15-16-41(10)40-35-25(8)12-14-31-30-13-11-24(7)26(9)38(30)42(39(31)35)34(20-29)37(27)40/h11-23H,1-10H3/q+1. The van der Waals surface area contributed by atoms with Gasteiger partial charge in [0.1, 0.15) is 7.05 Å². The van der Waals surface area contributed by atoms with Gasteiger partial charge in [0.05, 0.1) is 27.3 Å². The van der Waals surface area contributed by atoms with Crippen molar-refractivity contribution in [3.63, 3.8) is 0 Å². The number of hydrogen-bond donors (Lipinski definition) is 0. The molecule has 0 aliphatic heterocycles. The predicted molar refractivity (Wildman–Crippen MR) is 182 cm³/mol. The first kappa shape index (κ1) is 27.0. The molecule has 3 aromatic heterocycles. The number of aryl methyl sites for hydroxylation is 4. The lowest BCUT2D eigenvalue weighted by molar-refractivity contribution is -0.643. The highest BCUT2D eigenvalue weighted by atomic mass is 15.0. The van der Waals surface area contributed by atoms with Crippen molar-refractivity contribution in [3.05, 3.63) is 94.2 Å². The first-order chi connectivity index (χ1) is 20.0. The van der Waals surface area contributed by atoms with Crippen molar-refractivity contribution in [2.75, 3.05) is 0 Å². The van der Waals surface area contributed by atoms with Crippen molar-refractivity contribution in [3.8, 4) is 11.1 Å². The van der Waals surface area contributed by atoms with Crippen LogP contribution in [0.2, 0.25) is 0 Å². The lowest BCUT2D eigenvalue weighted by Gasteiger charge is -2.24. The van der Waals surface area contributed by atoms with Gasteiger partial charge in [-0.1, -0.05) is 77.9 Å². The van der Waals surface area contributed by atoms with Gasteiger partial charge in [-0.2, -0.15) is 0 Å². The Balaban J connectivity index is 1.77. The molecule has 3 heterocycles. The molecule has 0 saturated heterocycles. The minimum absolute atomic E-state index is 0.430. The van der Waals surface area contributed by atoms with Crippen molar-refractivity contribution in [1.82, 2.24) is 4.40 Å². The third kappa shape index (κ3) is 3.60. The monoisotopic (exact) mass is 551 g/mol. The second-order valence-corrected chi connectivity index (χ2v) is 13.7. The quantitative estimate of drug-likeness (QED) is 0.117. The Kier molecular flexibility index (Phi) is 5.97. The lowest BCUT2D eigenvalue weighted by Crippen LogP contribution is -2.29. The average Bonchev–Trinajstić information content (AvgIpc) is 3.29. The van der Waals surface area contributed by atoms with Gasteiger partial charge in [0.2, 0.25) is 5.52 Å². The van der Waals surface area contributed by atoms with Crippen LogP contribution in [0.15, 0.2) is 60.8 Å². The number of pyridine rings is 2. The lowest BCUT2D eigenvalue weighted by atomic mass is 9.81. The summed E-state index contributed by atoms with van der Waals surface area (Å²) in [6.07, 6.45) is 2.26. The Morgan fingerprint density at radius 3 is 1.88 bits per heavy atom. The molecule has 7 rings (SSSR count). The van der Waals surface area contributed by atoms with Gasteiger partial charge in [-0.25, -0.2) is 4.57 Å². The van der Waals surface area contributed by atoms with E-state index >= 15 is 0 Å². The highest BCUT2D eigenvalue weighted by Gasteiger charge is 2.26. The van der Waals surface area contributed by atoms with E-state index in [4.69, 9.17) is 0 Å². The highest BCUT2D eigenvalue weighted by molar-refractivity contribution is 6.26. The first-order valence-electron chi connectivity index (χ1n) is 15.7. The summed E-state index contributed by atoms with van der Waals surface area (Å²) in [7, 11) is 2.21. The van der Waals surface area contributed by atoms with E-state index < -0.39 is 0 Å². The molecule has 4 aromatic carbocycles. The number of benzene rings is 4. The number of rotatable bonds is 4. The van der Waals surface area contributed by atoms with Crippen LogP contribution in [0.1, 0.15) is 92.7 Å². The van der Waals surface area contributed by atoms with E-state index in [1.54, 1.807) is 0 Å². The van der Waals surface area contributed by atoms with E-state index in [0.717, 1.165) is 0 Å². The van der Waals surface area contributed by atoms with Crippen LogP contribution in [0.5, 0.6) is 0 Å². The molecular weight excluding hydrogens is 508 g/mol.